The summed E-state index contributed by atoms with van der Waals surface area (Å²) >= 11 is 0. The first kappa shape index (κ1) is 19.5. The summed E-state index contributed by atoms with van der Waals surface area (Å²) < 4.78 is 5.29. The Hall–Kier alpha value is -2.57. The van der Waals surface area contributed by atoms with Crippen molar-refractivity contribution in [1.82, 2.24) is 10.2 Å². The standard InChI is InChI=1S/C17H25N3O4/c1-5-7-12-10-13(19-16(22)18-3)8-9-14(12)15(11-21)24-17(23)20(4)6-2/h8-11,15H,5-7H2,1-4H3,(H2,18,19,22)/t15-/m0/s1. The molecule has 0 radical (unpaired) electrons. The topological polar surface area (TPSA) is 87.7 Å². The lowest BCUT2D eigenvalue weighted by molar-refractivity contribution is -0.115. The third-order valence-corrected chi connectivity index (χ3v) is 3.59. The number of amides is 3. The number of nitrogens with one attached hydrogen (secondary N) is 2. The number of rotatable bonds is 7. The van der Waals surface area contributed by atoms with Gasteiger partial charge in [-0.15, -0.1) is 0 Å². The minimum Gasteiger partial charge on any atom is -0.433 e. The maximum atomic E-state index is 11.9. The molecule has 24 heavy (non-hydrogen) atoms. The van der Waals surface area contributed by atoms with E-state index in [1.54, 1.807) is 25.2 Å². The number of hydrogen-bond acceptors (Lipinski definition) is 4. The number of aldehydes is 1. The van der Waals surface area contributed by atoms with Crippen molar-refractivity contribution in [1.29, 1.82) is 0 Å². The number of ether oxygens (including phenoxy) is 1. The fraction of sp³-hybridized carbons (Fsp3) is 0.471. The highest BCUT2D eigenvalue weighted by Crippen LogP contribution is 2.25. The van der Waals surface area contributed by atoms with Crippen molar-refractivity contribution >= 4 is 24.1 Å². The molecule has 1 atom stereocenters. The highest BCUT2D eigenvalue weighted by molar-refractivity contribution is 5.89. The largest absolute Gasteiger partial charge is 0.433 e. The van der Waals surface area contributed by atoms with Crippen molar-refractivity contribution in [3.05, 3.63) is 29.3 Å². The van der Waals surface area contributed by atoms with Crippen molar-refractivity contribution < 1.29 is 19.1 Å². The predicted molar refractivity (Wildman–Crippen MR) is 92.1 cm³/mol. The lowest BCUT2D eigenvalue weighted by Crippen LogP contribution is -2.29. The molecule has 0 saturated heterocycles. The minimum atomic E-state index is -0.970. The number of anilines is 1. The van der Waals surface area contributed by atoms with Gasteiger partial charge >= 0.3 is 12.1 Å². The van der Waals surface area contributed by atoms with E-state index in [1.165, 1.54) is 11.9 Å². The molecule has 0 aliphatic rings. The molecule has 7 heteroatoms. The fourth-order valence-electron chi connectivity index (χ4n) is 2.13. The van der Waals surface area contributed by atoms with Gasteiger partial charge in [-0.1, -0.05) is 19.4 Å². The van der Waals surface area contributed by atoms with E-state index in [1.807, 2.05) is 13.8 Å². The van der Waals surface area contributed by atoms with Gasteiger partial charge in [-0.3, -0.25) is 4.79 Å². The predicted octanol–water partition coefficient (Wildman–Crippen LogP) is 2.72. The maximum absolute atomic E-state index is 11.9. The van der Waals surface area contributed by atoms with Crippen LogP contribution in [0.1, 0.15) is 37.5 Å². The third-order valence-electron chi connectivity index (χ3n) is 3.59. The van der Waals surface area contributed by atoms with Gasteiger partial charge < -0.3 is 20.3 Å². The van der Waals surface area contributed by atoms with E-state index in [4.69, 9.17) is 4.74 Å². The zero-order valence-corrected chi connectivity index (χ0v) is 14.6. The molecule has 7 nitrogen and oxygen atoms in total. The van der Waals surface area contributed by atoms with Crippen LogP contribution in [0.15, 0.2) is 18.2 Å². The lowest BCUT2D eigenvalue weighted by atomic mass is 9.98. The molecular weight excluding hydrogens is 310 g/mol. The molecule has 0 unspecified atom stereocenters. The van der Waals surface area contributed by atoms with Crippen molar-refractivity contribution in [2.75, 3.05) is 26.0 Å². The number of urea groups is 1. The van der Waals surface area contributed by atoms with E-state index < -0.39 is 12.2 Å². The SMILES string of the molecule is CCCc1cc(NC(=O)NC)ccc1[C@H](C=O)OC(=O)N(C)CC. The van der Waals surface area contributed by atoms with E-state index in [0.29, 0.717) is 30.5 Å². The molecule has 132 valence electrons. The summed E-state index contributed by atoms with van der Waals surface area (Å²) in [4.78, 5) is 36.2. The molecule has 2 N–H and O–H groups in total. The van der Waals surface area contributed by atoms with Crippen LogP contribution in [0.5, 0.6) is 0 Å². The van der Waals surface area contributed by atoms with E-state index >= 15 is 0 Å². The van der Waals surface area contributed by atoms with Gasteiger partial charge in [-0.2, -0.15) is 0 Å². The first-order valence-electron chi connectivity index (χ1n) is 7.95. The zero-order valence-electron chi connectivity index (χ0n) is 14.6. The van der Waals surface area contributed by atoms with Crippen LogP contribution in [0.25, 0.3) is 0 Å². The minimum absolute atomic E-state index is 0.326. The summed E-state index contributed by atoms with van der Waals surface area (Å²) in [6.45, 7) is 4.32. The normalized spacial score (nSPS) is 11.3. The molecule has 0 aliphatic carbocycles. The van der Waals surface area contributed by atoms with Gasteiger partial charge in [0.2, 0.25) is 0 Å². The van der Waals surface area contributed by atoms with E-state index in [9.17, 15) is 14.4 Å². The molecule has 0 bridgehead atoms. The molecule has 1 rings (SSSR count). The van der Waals surface area contributed by atoms with Crippen LogP contribution in [0.3, 0.4) is 0 Å². The van der Waals surface area contributed by atoms with Crippen LogP contribution in [0.2, 0.25) is 0 Å². The second-order valence-corrected chi connectivity index (χ2v) is 5.32. The van der Waals surface area contributed by atoms with Crippen molar-refractivity contribution in [2.24, 2.45) is 0 Å². The number of hydrogen-bond donors (Lipinski definition) is 2. The van der Waals surface area contributed by atoms with Gasteiger partial charge in [0, 0.05) is 31.9 Å². The molecule has 0 saturated carbocycles. The Morgan fingerprint density at radius 1 is 1.33 bits per heavy atom. The second-order valence-electron chi connectivity index (χ2n) is 5.32. The number of aryl methyl sites for hydroxylation is 1. The number of carbonyl (C=O) groups is 3. The Morgan fingerprint density at radius 3 is 2.58 bits per heavy atom. The van der Waals surface area contributed by atoms with Crippen molar-refractivity contribution in [3.63, 3.8) is 0 Å². The van der Waals surface area contributed by atoms with Gasteiger partial charge in [-0.25, -0.2) is 9.59 Å². The highest BCUT2D eigenvalue weighted by atomic mass is 16.6. The van der Waals surface area contributed by atoms with Gasteiger partial charge in [0.05, 0.1) is 0 Å². The second kappa shape index (κ2) is 9.54. The summed E-state index contributed by atoms with van der Waals surface area (Å²) in [6, 6.07) is 4.85. The van der Waals surface area contributed by atoms with Crippen molar-refractivity contribution in [3.8, 4) is 0 Å². The summed E-state index contributed by atoms with van der Waals surface area (Å²) in [5, 5.41) is 5.17. The van der Waals surface area contributed by atoms with Crippen LogP contribution >= 0.6 is 0 Å². The first-order chi connectivity index (χ1) is 11.5. The molecule has 0 aliphatic heterocycles. The summed E-state index contributed by atoms with van der Waals surface area (Å²) in [5.74, 6) is 0. The van der Waals surface area contributed by atoms with E-state index in [-0.39, 0.29) is 6.03 Å². The van der Waals surface area contributed by atoms with Crippen LogP contribution in [0.4, 0.5) is 15.3 Å². The molecule has 0 aromatic heterocycles. The van der Waals surface area contributed by atoms with Crippen molar-refractivity contribution in [2.45, 2.75) is 32.8 Å². The molecule has 1 aromatic carbocycles. The average molecular weight is 335 g/mol. The zero-order chi connectivity index (χ0) is 18.1. The Kier molecular flexibility index (Phi) is 7.74. The summed E-state index contributed by atoms with van der Waals surface area (Å²) in [5.41, 5.74) is 2.10. The van der Waals surface area contributed by atoms with Gasteiger partial charge in [0.25, 0.3) is 0 Å². The Bertz CT molecular complexity index is 589. The van der Waals surface area contributed by atoms with Crippen LogP contribution in [-0.4, -0.2) is 44.0 Å². The van der Waals surface area contributed by atoms with Crippen LogP contribution < -0.4 is 10.6 Å². The monoisotopic (exact) mass is 335 g/mol. The summed E-state index contributed by atoms with van der Waals surface area (Å²) in [7, 11) is 3.14. The average Bonchev–Trinajstić information content (AvgIpc) is 2.59. The smallest absolute Gasteiger partial charge is 0.410 e. The molecule has 0 heterocycles. The number of carbonyl (C=O) groups excluding carboxylic acids is 3. The molecule has 0 fully saturated rings. The van der Waals surface area contributed by atoms with Gasteiger partial charge in [-0.05, 0) is 31.0 Å². The molecule has 3 amide bonds. The molecular formula is C17H25N3O4. The Morgan fingerprint density at radius 2 is 2.04 bits per heavy atom. The highest BCUT2D eigenvalue weighted by Gasteiger charge is 2.21. The summed E-state index contributed by atoms with van der Waals surface area (Å²) in [6.07, 6.45) is 0.642. The lowest BCUT2D eigenvalue weighted by Gasteiger charge is -2.21. The van der Waals surface area contributed by atoms with E-state index in [0.717, 1.165) is 12.0 Å². The Labute approximate surface area is 142 Å². The maximum Gasteiger partial charge on any atom is 0.410 e. The molecule has 1 aromatic rings. The van der Waals surface area contributed by atoms with Crippen LogP contribution in [-0.2, 0) is 16.0 Å². The van der Waals surface area contributed by atoms with Crippen LogP contribution in [0, 0.1) is 0 Å². The fourth-order valence-corrected chi connectivity index (χ4v) is 2.13. The molecule has 0 spiro atoms. The van der Waals surface area contributed by atoms with Gasteiger partial charge in [0.1, 0.15) is 0 Å². The van der Waals surface area contributed by atoms with Gasteiger partial charge in [0.15, 0.2) is 12.4 Å². The quantitative estimate of drug-likeness (QED) is 0.750. The number of nitrogens with zero attached hydrogens (tertiary/aromatic N) is 1. The third kappa shape index (κ3) is 5.26. The Balaban J connectivity index is 3.07. The van der Waals surface area contributed by atoms with E-state index in [2.05, 4.69) is 10.6 Å². The first-order valence-corrected chi connectivity index (χ1v) is 7.95. The number of benzene rings is 1.